The van der Waals surface area contributed by atoms with E-state index in [1.165, 1.54) is 0 Å². The van der Waals surface area contributed by atoms with E-state index in [9.17, 15) is 4.79 Å². The summed E-state index contributed by atoms with van der Waals surface area (Å²) in [5, 5.41) is 8.94. The Bertz CT molecular complexity index is 252. The molecule has 4 N–H and O–H groups in total. The van der Waals surface area contributed by atoms with Crippen molar-refractivity contribution in [2.24, 2.45) is 5.84 Å². The zero-order valence-electron chi connectivity index (χ0n) is 11.0. The molecule has 106 valence electrons. The van der Waals surface area contributed by atoms with Crippen LogP contribution in [-0.4, -0.2) is 79.9 Å². The van der Waals surface area contributed by atoms with Crippen molar-refractivity contribution in [3.05, 3.63) is 0 Å². The first kappa shape index (κ1) is 15.3. The zero-order chi connectivity index (χ0) is 13.4. The van der Waals surface area contributed by atoms with Crippen molar-refractivity contribution >= 4 is 5.91 Å². The van der Waals surface area contributed by atoms with Crippen molar-refractivity contribution in [1.29, 1.82) is 0 Å². The van der Waals surface area contributed by atoms with Crippen molar-refractivity contribution in [1.82, 2.24) is 15.2 Å². The van der Waals surface area contributed by atoms with Crippen LogP contribution in [0.25, 0.3) is 0 Å². The van der Waals surface area contributed by atoms with Gasteiger partial charge in [0.15, 0.2) is 0 Å². The van der Waals surface area contributed by atoms with Gasteiger partial charge in [0.25, 0.3) is 5.91 Å². The first-order valence-corrected chi connectivity index (χ1v) is 6.29. The molecule has 1 heterocycles. The van der Waals surface area contributed by atoms with Gasteiger partial charge in [-0.2, -0.15) is 0 Å². The van der Waals surface area contributed by atoms with Gasteiger partial charge in [-0.1, -0.05) is 0 Å². The largest absolute Gasteiger partial charge is 0.395 e. The molecule has 1 aliphatic rings. The standard InChI is InChI=1S/C11H24N4O3/c1-18-9-10(11(17)13-12)15-4-2-3-14(5-6-15)7-8-16/h10,16H,2-9,12H2,1H3,(H,13,17). The Morgan fingerprint density at radius 3 is 2.83 bits per heavy atom. The SMILES string of the molecule is COCC(C(=O)NN)N1CCCN(CCO)CC1. The minimum atomic E-state index is -0.339. The lowest BCUT2D eigenvalue weighted by atomic mass is 10.2. The summed E-state index contributed by atoms with van der Waals surface area (Å²) in [7, 11) is 1.58. The summed E-state index contributed by atoms with van der Waals surface area (Å²) in [6.07, 6.45) is 0.970. The van der Waals surface area contributed by atoms with E-state index in [1.807, 2.05) is 0 Å². The summed E-state index contributed by atoms with van der Waals surface area (Å²) in [6, 6.07) is -0.339. The summed E-state index contributed by atoms with van der Waals surface area (Å²) in [5.41, 5.74) is 2.19. The number of methoxy groups -OCH3 is 1. The maximum Gasteiger partial charge on any atom is 0.253 e. The average molecular weight is 260 g/mol. The van der Waals surface area contributed by atoms with Crippen LogP contribution in [0.2, 0.25) is 0 Å². The molecule has 7 heteroatoms. The summed E-state index contributed by atoms with van der Waals surface area (Å²) in [4.78, 5) is 16.0. The Hall–Kier alpha value is -0.730. The van der Waals surface area contributed by atoms with Gasteiger partial charge in [-0.3, -0.25) is 20.0 Å². The fourth-order valence-electron chi connectivity index (χ4n) is 2.27. The molecular formula is C11H24N4O3. The van der Waals surface area contributed by atoms with E-state index in [-0.39, 0.29) is 18.6 Å². The van der Waals surface area contributed by atoms with Crippen LogP contribution in [0.4, 0.5) is 0 Å². The summed E-state index contributed by atoms with van der Waals surface area (Å²) < 4.78 is 5.08. The van der Waals surface area contributed by atoms with E-state index in [4.69, 9.17) is 15.7 Å². The number of rotatable bonds is 6. The molecule has 0 radical (unpaired) electrons. The van der Waals surface area contributed by atoms with Crippen molar-refractivity contribution < 1.29 is 14.6 Å². The van der Waals surface area contributed by atoms with E-state index in [2.05, 4.69) is 15.2 Å². The van der Waals surface area contributed by atoms with Gasteiger partial charge in [0, 0.05) is 33.3 Å². The van der Waals surface area contributed by atoms with E-state index in [0.717, 1.165) is 32.6 Å². The number of amides is 1. The maximum atomic E-state index is 11.7. The van der Waals surface area contributed by atoms with E-state index in [1.54, 1.807) is 7.11 Å². The summed E-state index contributed by atoms with van der Waals surface area (Å²) >= 11 is 0. The van der Waals surface area contributed by atoms with Gasteiger partial charge in [-0.15, -0.1) is 0 Å². The number of nitrogens with zero attached hydrogens (tertiary/aromatic N) is 2. The van der Waals surface area contributed by atoms with Gasteiger partial charge in [-0.05, 0) is 13.0 Å². The van der Waals surface area contributed by atoms with Crippen LogP contribution in [0.15, 0.2) is 0 Å². The minimum absolute atomic E-state index is 0.171. The van der Waals surface area contributed by atoms with Crippen molar-refractivity contribution in [3.63, 3.8) is 0 Å². The van der Waals surface area contributed by atoms with Gasteiger partial charge in [-0.25, -0.2) is 5.84 Å². The number of hydrazine groups is 1. The number of nitrogens with two attached hydrogens (primary N) is 1. The second-order valence-corrected chi connectivity index (χ2v) is 4.43. The van der Waals surface area contributed by atoms with Crippen LogP contribution in [0, 0.1) is 0 Å². The number of β-amino-alcohol motifs (C(OH)–C–C–N with tert-alkyl or cyclic N) is 1. The maximum absolute atomic E-state index is 11.7. The molecule has 0 saturated carbocycles. The molecule has 1 atom stereocenters. The third kappa shape index (κ3) is 4.51. The number of hydrogen-bond acceptors (Lipinski definition) is 6. The molecule has 18 heavy (non-hydrogen) atoms. The Morgan fingerprint density at radius 1 is 1.44 bits per heavy atom. The van der Waals surface area contributed by atoms with Gasteiger partial charge >= 0.3 is 0 Å². The lowest BCUT2D eigenvalue weighted by molar-refractivity contribution is -0.128. The predicted octanol–water partition coefficient (Wildman–Crippen LogP) is -2.01. The van der Waals surface area contributed by atoms with Gasteiger partial charge < -0.3 is 9.84 Å². The molecule has 1 fully saturated rings. The van der Waals surface area contributed by atoms with Crippen LogP contribution in [0.3, 0.4) is 0 Å². The highest BCUT2D eigenvalue weighted by molar-refractivity contribution is 5.81. The Kier molecular flexibility index (Phi) is 7.14. The van der Waals surface area contributed by atoms with E-state index < -0.39 is 0 Å². The second-order valence-electron chi connectivity index (χ2n) is 4.43. The van der Waals surface area contributed by atoms with Crippen molar-refractivity contribution in [2.45, 2.75) is 12.5 Å². The molecule has 0 aromatic heterocycles. The topological polar surface area (TPSA) is 91.1 Å². The van der Waals surface area contributed by atoms with Gasteiger partial charge in [0.2, 0.25) is 0 Å². The highest BCUT2D eigenvalue weighted by atomic mass is 16.5. The minimum Gasteiger partial charge on any atom is -0.395 e. The molecule has 0 aromatic rings. The van der Waals surface area contributed by atoms with Crippen LogP contribution < -0.4 is 11.3 Å². The fourth-order valence-corrected chi connectivity index (χ4v) is 2.27. The first-order chi connectivity index (χ1) is 8.72. The smallest absolute Gasteiger partial charge is 0.253 e. The van der Waals surface area contributed by atoms with E-state index in [0.29, 0.717) is 13.2 Å². The molecule has 1 rings (SSSR count). The number of ether oxygens (including phenoxy) is 1. The predicted molar refractivity (Wildman–Crippen MR) is 67.7 cm³/mol. The lowest BCUT2D eigenvalue weighted by Gasteiger charge is -2.28. The zero-order valence-corrected chi connectivity index (χ0v) is 11.0. The van der Waals surface area contributed by atoms with E-state index >= 15 is 0 Å². The van der Waals surface area contributed by atoms with Crippen LogP contribution >= 0.6 is 0 Å². The molecule has 7 nitrogen and oxygen atoms in total. The quantitative estimate of drug-likeness (QED) is 0.290. The third-order valence-corrected chi connectivity index (χ3v) is 3.25. The van der Waals surface area contributed by atoms with Crippen LogP contribution in [0.1, 0.15) is 6.42 Å². The number of hydrogen-bond donors (Lipinski definition) is 3. The molecule has 1 aliphatic heterocycles. The summed E-state index contributed by atoms with van der Waals surface area (Å²) in [6.45, 7) is 4.60. The monoisotopic (exact) mass is 260 g/mol. The Labute approximate surface area is 108 Å². The highest BCUT2D eigenvalue weighted by Gasteiger charge is 2.27. The number of carbonyl (C=O) groups excluding carboxylic acids is 1. The Balaban J connectivity index is 2.55. The van der Waals surface area contributed by atoms with Crippen molar-refractivity contribution in [3.8, 4) is 0 Å². The van der Waals surface area contributed by atoms with Gasteiger partial charge in [0.1, 0.15) is 6.04 Å². The molecule has 1 unspecified atom stereocenters. The molecule has 0 spiro atoms. The molecule has 0 aliphatic carbocycles. The lowest BCUT2D eigenvalue weighted by Crippen LogP contribution is -2.52. The molecule has 0 bridgehead atoms. The number of nitrogens with one attached hydrogen (secondary N) is 1. The molecule has 1 saturated heterocycles. The normalized spacial score (nSPS) is 20.4. The van der Waals surface area contributed by atoms with Crippen LogP contribution in [-0.2, 0) is 9.53 Å². The third-order valence-electron chi connectivity index (χ3n) is 3.25. The second kappa shape index (κ2) is 8.39. The highest BCUT2D eigenvalue weighted by Crippen LogP contribution is 2.08. The van der Waals surface area contributed by atoms with Gasteiger partial charge in [0.05, 0.1) is 13.2 Å². The molecule has 1 amide bonds. The van der Waals surface area contributed by atoms with Crippen LogP contribution in [0.5, 0.6) is 0 Å². The molecule has 0 aromatic carbocycles. The Morgan fingerprint density at radius 2 is 2.22 bits per heavy atom. The number of aliphatic hydroxyl groups is 1. The average Bonchev–Trinajstić information content (AvgIpc) is 2.61. The summed E-state index contributed by atoms with van der Waals surface area (Å²) in [5.74, 6) is 4.98. The number of aliphatic hydroxyl groups excluding tert-OH is 1. The van der Waals surface area contributed by atoms with Crippen molar-refractivity contribution in [2.75, 3.05) is 53.0 Å². The molecular weight excluding hydrogens is 236 g/mol. The fraction of sp³-hybridized carbons (Fsp3) is 0.909. The number of carbonyl (C=O) groups is 1. The first-order valence-electron chi connectivity index (χ1n) is 6.29.